The molecule has 0 aliphatic rings. The van der Waals surface area contributed by atoms with E-state index in [9.17, 15) is 28.1 Å². The minimum atomic E-state index is -5.16. The fraction of sp³-hybridized carbons (Fsp3) is 0.333. The number of rotatable bonds is 4. The summed E-state index contributed by atoms with van der Waals surface area (Å²) in [6.45, 7) is 0. The van der Waals surface area contributed by atoms with Crippen molar-refractivity contribution in [3.8, 4) is 11.6 Å². The number of nitrogens with zero attached hydrogens (tertiary/aromatic N) is 2. The minimum Gasteiger partial charge on any atom is -0.476 e. The lowest BCUT2D eigenvalue weighted by atomic mass is 10.3. The summed E-state index contributed by atoms with van der Waals surface area (Å²) < 4.78 is 48.9. The number of alkyl halides is 3. The van der Waals surface area contributed by atoms with E-state index in [0.29, 0.717) is 6.07 Å². The van der Waals surface area contributed by atoms with Crippen molar-refractivity contribution in [2.24, 2.45) is 0 Å². The molecule has 110 valence electrons. The average molecular weight is 296 g/mol. The summed E-state index contributed by atoms with van der Waals surface area (Å²) >= 11 is 0. The number of carbonyl (C=O) groups is 1. The summed E-state index contributed by atoms with van der Waals surface area (Å²) in [5.41, 5.74) is -1.79. The van der Waals surface area contributed by atoms with Gasteiger partial charge < -0.3 is 14.2 Å². The van der Waals surface area contributed by atoms with Gasteiger partial charge in [0.05, 0.1) is 25.2 Å². The molecule has 1 aromatic heterocycles. The van der Waals surface area contributed by atoms with Crippen LogP contribution >= 0.6 is 0 Å². The van der Waals surface area contributed by atoms with E-state index in [4.69, 9.17) is 0 Å². The van der Waals surface area contributed by atoms with Crippen molar-refractivity contribution in [1.29, 1.82) is 0 Å². The molecule has 11 heteroatoms. The summed E-state index contributed by atoms with van der Waals surface area (Å²) in [6.07, 6.45) is -5.16. The van der Waals surface area contributed by atoms with E-state index < -0.39 is 40.3 Å². The molecule has 8 nitrogen and oxygen atoms in total. The third-order valence-electron chi connectivity index (χ3n) is 1.93. The zero-order valence-corrected chi connectivity index (χ0v) is 10.1. The van der Waals surface area contributed by atoms with E-state index in [1.54, 1.807) is 0 Å². The quantitative estimate of drug-likeness (QED) is 0.473. The second-order valence-electron chi connectivity index (χ2n) is 3.16. The molecule has 0 saturated carbocycles. The maximum atomic E-state index is 12.2. The number of aromatic nitrogens is 1. The van der Waals surface area contributed by atoms with E-state index in [1.807, 2.05) is 0 Å². The van der Waals surface area contributed by atoms with E-state index in [0.717, 1.165) is 14.2 Å². The Labute approximate surface area is 109 Å². The van der Waals surface area contributed by atoms with Crippen LogP contribution in [0.25, 0.3) is 0 Å². The van der Waals surface area contributed by atoms with Gasteiger partial charge in [0.25, 0.3) is 5.88 Å². The van der Waals surface area contributed by atoms with Gasteiger partial charge in [-0.25, -0.2) is 4.79 Å². The first-order valence-electron chi connectivity index (χ1n) is 4.77. The number of halogens is 3. The van der Waals surface area contributed by atoms with Crippen molar-refractivity contribution >= 4 is 11.7 Å². The fourth-order valence-electron chi connectivity index (χ4n) is 1.19. The van der Waals surface area contributed by atoms with Crippen molar-refractivity contribution < 1.29 is 37.1 Å². The second kappa shape index (κ2) is 5.59. The smallest absolute Gasteiger partial charge is 0.476 e. The summed E-state index contributed by atoms with van der Waals surface area (Å²) in [4.78, 5) is 24.3. The number of methoxy groups -OCH3 is 2. The van der Waals surface area contributed by atoms with Crippen LogP contribution in [0.1, 0.15) is 10.5 Å². The summed E-state index contributed by atoms with van der Waals surface area (Å²) in [5, 5.41) is 10.7. The van der Waals surface area contributed by atoms with Crippen LogP contribution in [-0.2, 0) is 4.74 Å². The van der Waals surface area contributed by atoms with Gasteiger partial charge in [-0.2, -0.15) is 4.98 Å². The Balaban J connectivity index is 3.47. The van der Waals surface area contributed by atoms with E-state index in [-0.39, 0.29) is 0 Å². The number of hydrogen-bond acceptors (Lipinski definition) is 7. The summed E-state index contributed by atoms with van der Waals surface area (Å²) in [6, 6.07) is 0.381. The van der Waals surface area contributed by atoms with Gasteiger partial charge in [-0.15, -0.1) is 13.2 Å². The van der Waals surface area contributed by atoms with Crippen molar-refractivity contribution in [2.75, 3.05) is 14.2 Å². The number of ether oxygens (including phenoxy) is 3. The molecule has 0 amide bonds. The molecule has 1 heterocycles. The fourth-order valence-corrected chi connectivity index (χ4v) is 1.19. The molecule has 0 aromatic carbocycles. The van der Waals surface area contributed by atoms with Crippen LogP contribution < -0.4 is 9.47 Å². The Morgan fingerprint density at radius 2 is 2.00 bits per heavy atom. The predicted molar refractivity (Wildman–Crippen MR) is 55.5 cm³/mol. The van der Waals surface area contributed by atoms with Gasteiger partial charge in [-0.3, -0.25) is 10.1 Å². The molecular formula is C9H7F3N2O6. The van der Waals surface area contributed by atoms with Gasteiger partial charge in [0.15, 0.2) is 11.4 Å². The molecule has 0 N–H and O–H groups in total. The maximum absolute atomic E-state index is 12.2. The van der Waals surface area contributed by atoms with Gasteiger partial charge in [-0.05, 0) is 0 Å². The molecule has 0 aliphatic carbocycles. The van der Waals surface area contributed by atoms with Crippen LogP contribution in [0.4, 0.5) is 18.9 Å². The molecule has 0 bridgehead atoms. The molecule has 0 aliphatic heterocycles. The van der Waals surface area contributed by atoms with Crippen molar-refractivity contribution in [1.82, 2.24) is 4.98 Å². The number of nitro groups is 1. The molecule has 20 heavy (non-hydrogen) atoms. The summed E-state index contributed by atoms with van der Waals surface area (Å²) in [5.74, 6) is -3.07. The topological polar surface area (TPSA) is 101 Å². The van der Waals surface area contributed by atoms with Crippen molar-refractivity contribution in [3.63, 3.8) is 0 Å². The highest BCUT2D eigenvalue weighted by Crippen LogP contribution is 2.34. The van der Waals surface area contributed by atoms with Crippen LogP contribution in [0.5, 0.6) is 11.6 Å². The molecule has 0 unspecified atom stereocenters. The Morgan fingerprint density at radius 3 is 2.40 bits per heavy atom. The van der Waals surface area contributed by atoms with Crippen LogP contribution in [0, 0.1) is 10.1 Å². The minimum absolute atomic E-state index is 0.381. The SMILES string of the molecule is COC(=O)c1nc(OC)c([N+](=O)[O-])cc1OC(F)(F)F. The van der Waals surface area contributed by atoms with Gasteiger partial charge in [0.1, 0.15) is 0 Å². The zero-order valence-electron chi connectivity index (χ0n) is 10.1. The first-order valence-corrected chi connectivity index (χ1v) is 4.77. The lowest BCUT2D eigenvalue weighted by Crippen LogP contribution is -2.20. The molecular weight excluding hydrogens is 289 g/mol. The standard InChI is InChI=1S/C9H7F3N2O6/c1-18-7-4(14(16)17)3-5(20-9(10,11)12)6(13-7)8(15)19-2/h3H,1-2H3. The predicted octanol–water partition coefficient (Wildman–Crippen LogP) is 1.68. The molecule has 1 rings (SSSR count). The molecule has 1 aromatic rings. The van der Waals surface area contributed by atoms with Crippen LogP contribution in [0.3, 0.4) is 0 Å². The Kier molecular flexibility index (Phi) is 4.32. The lowest BCUT2D eigenvalue weighted by Gasteiger charge is -2.12. The number of carbonyl (C=O) groups excluding carboxylic acids is 1. The Hall–Kier alpha value is -2.59. The third kappa shape index (κ3) is 3.46. The zero-order chi connectivity index (χ0) is 15.5. The van der Waals surface area contributed by atoms with Crippen molar-refractivity contribution in [3.05, 3.63) is 21.9 Å². The lowest BCUT2D eigenvalue weighted by molar-refractivity contribution is -0.386. The Bertz CT molecular complexity index is 545. The van der Waals surface area contributed by atoms with Gasteiger partial charge in [0, 0.05) is 0 Å². The van der Waals surface area contributed by atoms with Gasteiger partial charge >= 0.3 is 18.0 Å². The summed E-state index contributed by atoms with van der Waals surface area (Å²) in [7, 11) is 1.90. The first kappa shape index (κ1) is 15.5. The van der Waals surface area contributed by atoms with Crippen LogP contribution in [0.15, 0.2) is 6.07 Å². The van der Waals surface area contributed by atoms with Crippen LogP contribution in [-0.4, -0.2) is 36.5 Å². The number of esters is 1. The average Bonchev–Trinajstić information content (AvgIpc) is 2.35. The van der Waals surface area contributed by atoms with Crippen LogP contribution in [0.2, 0.25) is 0 Å². The highest BCUT2D eigenvalue weighted by atomic mass is 19.4. The highest BCUT2D eigenvalue weighted by Gasteiger charge is 2.36. The second-order valence-corrected chi connectivity index (χ2v) is 3.16. The first-order chi connectivity index (χ1) is 9.19. The maximum Gasteiger partial charge on any atom is 0.573 e. The van der Waals surface area contributed by atoms with E-state index >= 15 is 0 Å². The highest BCUT2D eigenvalue weighted by molar-refractivity contribution is 5.91. The normalized spacial score (nSPS) is 10.8. The van der Waals surface area contributed by atoms with E-state index in [2.05, 4.69) is 19.2 Å². The molecule has 0 fully saturated rings. The van der Waals surface area contributed by atoms with Gasteiger partial charge in [0.2, 0.25) is 0 Å². The Morgan fingerprint density at radius 1 is 1.40 bits per heavy atom. The molecule has 0 spiro atoms. The molecule has 0 atom stereocenters. The monoisotopic (exact) mass is 296 g/mol. The molecule has 0 saturated heterocycles. The van der Waals surface area contributed by atoms with E-state index in [1.165, 1.54) is 0 Å². The third-order valence-corrected chi connectivity index (χ3v) is 1.93. The number of pyridine rings is 1. The van der Waals surface area contributed by atoms with Crippen molar-refractivity contribution in [2.45, 2.75) is 6.36 Å². The molecule has 0 radical (unpaired) electrons. The largest absolute Gasteiger partial charge is 0.573 e. The van der Waals surface area contributed by atoms with Gasteiger partial charge in [-0.1, -0.05) is 0 Å². The number of hydrogen-bond donors (Lipinski definition) is 0.